The normalized spacial score (nSPS) is 13.1. The second-order valence-electron chi connectivity index (χ2n) is 3.99. The van der Waals surface area contributed by atoms with Gasteiger partial charge in [0.1, 0.15) is 11.3 Å². The van der Waals surface area contributed by atoms with Crippen LogP contribution in [-0.4, -0.2) is 31.5 Å². The van der Waals surface area contributed by atoms with Crippen LogP contribution in [0, 0.1) is 0 Å². The third-order valence-electron chi connectivity index (χ3n) is 2.51. The Kier molecular flexibility index (Phi) is 4.14. The fourth-order valence-corrected chi connectivity index (χ4v) is 1.74. The molecule has 1 aromatic heterocycles. The van der Waals surface area contributed by atoms with Crippen LogP contribution in [0.3, 0.4) is 0 Å². The molecule has 0 fully saturated rings. The van der Waals surface area contributed by atoms with Gasteiger partial charge in [-0.1, -0.05) is 18.2 Å². The maximum Gasteiger partial charge on any atom is 0.134 e. The lowest BCUT2D eigenvalue weighted by Crippen LogP contribution is -2.29. The van der Waals surface area contributed by atoms with Crippen molar-refractivity contribution in [2.24, 2.45) is 0 Å². The number of aliphatic hydroxyl groups is 1. The van der Waals surface area contributed by atoms with Crippen LogP contribution in [0.25, 0.3) is 11.0 Å². The zero-order chi connectivity index (χ0) is 12.1. The molecule has 2 rings (SSSR count). The molecule has 92 valence electrons. The first-order chi connectivity index (χ1) is 8.29. The molecule has 1 unspecified atom stereocenters. The highest BCUT2D eigenvalue weighted by molar-refractivity contribution is 5.77. The number of nitrogens with one attached hydrogen (secondary N) is 1. The maximum absolute atomic E-state index is 9.45. The molecular formula is C13H17NO3. The van der Waals surface area contributed by atoms with E-state index in [2.05, 4.69) is 5.32 Å². The van der Waals surface area contributed by atoms with Gasteiger partial charge in [-0.15, -0.1) is 0 Å². The van der Waals surface area contributed by atoms with Gasteiger partial charge in [-0.2, -0.15) is 0 Å². The van der Waals surface area contributed by atoms with E-state index < -0.39 is 6.10 Å². The van der Waals surface area contributed by atoms with E-state index in [4.69, 9.17) is 9.15 Å². The summed E-state index contributed by atoms with van der Waals surface area (Å²) in [6.07, 6.45) is -0.482. The summed E-state index contributed by atoms with van der Waals surface area (Å²) in [6.45, 7) is 1.44. The van der Waals surface area contributed by atoms with Crippen molar-refractivity contribution in [2.75, 3.05) is 20.3 Å². The van der Waals surface area contributed by atoms with Gasteiger partial charge in [0.2, 0.25) is 0 Å². The highest BCUT2D eigenvalue weighted by Gasteiger charge is 2.05. The highest BCUT2D eigenvalue weighted by Crippen LogP contribution is 2.18. The van der Waals surface area contributed by atoms with E-state index in [1.165, 1.54) is 0 Å². The van der Waals surface area contributed by atoms with Gasteiger partial charge in [-0.25, -0.2) is 0 Å². The van der Waals surface area contributed by atoms with E-state index in [0.717, 1.165) is 16.7 Å². The zero-order valence-corrected chi connectivity index (χ0v) is 9.85. The van der Waals surface area contributed by atoms with Crippen molar-refractivity contribution in [2.45, 2.75) is 12.6 Å². The maximum atomic E-state index is 9.45. The Bertz CT molecular complexity index is 433. The van der Waals surface area contributed by atoms with Crippen LogP contribution in [-0.2, 0) is 11.3 Å². The summed E-state index contributed by atoms with van der Waals surface area (Å²) >= 11 is 0. The van der Waals surface area contributed by atoms with Crippen LogP contribution < -0.4 is 5.32 Å². The van der Waals surface area contributed by atoms with Gasteiger partial charge in [-0.3, -0.25) is 0 Å². The van der Waals surface area contributed by atoms with Crippen LogP contribution >= 0.6 is 0 Å². The number of furan rings is 1. The Hall–Kier alpha value is -1.36. The average molecular weight is 235 g/mol. The van der Waals surface area contributed by atoms with Gasteiger partial charge in [0.05, 0.1) is 19.3 Å². The number of para-hydroxylation sites is 1. The Morgan fingerprint density at radius 3 is 3.00 bits per heavy atom. The lowest BCUT2D eigenvalue weighted by atomic mass is 10.2. The summed E-state index contributed by atoms with van der Waals surface area (Å²) in [4.78, 5) is 0. The predicted octanol–water partition coefficient (Wildman–Crippen LogP) is 1.53. The topological polar surface area (TPSA) is 54.6 Å². The van der Waals surface area contributed by atoms with Crippen molar-refractivity contribution in [3.8, 4) is 0 Å². The van der Waals surface area contributed by atoms with Gasteiger partial charge in [-0.05, 0) is 12.1 Å². The number of aliphatic hydroxyl groups excluding tert-OH is 1. The van der Waals surface area contributed by atoms with Gasteiger partial charge in [0.25, 0.3) is 0 Å². The quantitative estimate of drug-likeness (QED) is 0.797. The molecule has 1 aromatic carbocycles. The molecule has 0 aliphatic heterocycles. The molecule has 0 bridgehead atoms. The number of hydrogen-bond donors (Lipinski definition) is 2. The molecule has 1 heterocycles. The van der Waals surface area contributed by atoms with Gasteiger partial charge < -0.3 is 19.6 Å². The fourth-order valence-electron chi connectivity index (χ4n) is 1.74. The third kappa shape index (κ3) is 3.30. The molecule has 0 saturated carbocycles. The first kappa shape index (κ1) is 12.1. The van der Waals surface area contributed by atoms with Crippen LogP contribution in [0.15, 0.2) is 34.7 Å². The largest absolute Gasteiger partial charge is 0.460 e. The Morgan fingerprint density at radius 1 is 1.41 bits per heavy atom. The summed E-state index contributed by atoms with van der Waals surface area (Å²) in [6, 6.07) is 9.90. The smallest absolute Gasteiger partial charge is 0.134 e. The molecule has 4 heteroatoms. The molecule has 0 amide bonds. The van der Waals surface area contributed by atoms with Crippen molar-refractivity contribution in [1.29, 1.82) is 0 Å². The minimum atomic E-state index is -0.482. The number of ether oxygens (including phenoxy) is 1. The van der Waals surface area contributed by atoms with Crippen LogP contribution in [0.1, 0.15) is 5.76 Å². The number of methoxy groups -OCH3 is 1. The first-order valence-corrected chi connectivity index (χ1v) is 5.65. The summed E-state index contributed by atoms with van der Waals surface area (Å²) in [5.74, 6) is 0.871. The summed E-state index contributed by atoms with van der Waals surface area (Å²) < 4.78 is 10.5. The number of rotatable bonds is 6. The SMILES string of the molecule is COCC(O)CNCc1cc2ccccc2o1. The van der Waals surface area contributed by atoms with Crippen LogP contribution in [0.5, 0.6) is 0 Å². The van der Waals surface area contributed by atoms with Crippen molar-refractivity contribution in [1.82, 2.24) is 5.32 Å². The van der Waals surface area contributed by atoms with Crippen molar-refractivity contribution < 1.29 is 14.3 Å². The Labute approximate surface area is 100 Å². The molecule has 1 atom stereocenters. The molecule has 0 radical (unpaired) electrons. The molecule has 17 heavy (non-hydrogen) atoms. The molecular weight excluding hydrogens is 218 g/mol. The average Bonchev–Trinajstić information content (AvgIpc) is 2.71. The van der Waals surface area contributed by atoms with E-state index in [9.17, 15) is 5.11 Å². The minimum absolute atomic E-state index is 0.340. The summed E-state index contributed by atoms with van der Waals surface area (Å²) in [5, 5.41) is 13.7. The number of hydrogen-bond acceptors (Lipinski definition) is 4. The first-order valence-electron chi connectivity index (χ1n) is 5.65. The van der Waals surface area contributed by atoms with Crippen LogP contribution in [0.2, 0.25) is 0 Å². The van der Waals surface area contributed by atoms with Crippen molar-refractivity contribution >= 4 is 11.0 Å². The minimum Gasteiger partial charge on any atom is -0.460 e. The highest BCUT2D eigenvalue weighted by atomic mass is 16.5. The van der Waals surface area contributed by atoms with E-state index in [-0.39, 0.29) is 0 Å². The summed E-state index contributed by atoms with van der Waals surface area (Å²) in [7, 11) is 1.57. The fraction of sp³-hybridized carbons (Fsp3) is 0.385. The van der Waals surface area contributed by atoms with Gasteiger partial charge in [0, 0.05) is 19.0 Å². The summed E-state index contributed by atoms with van der Waals surface area (Å²) in [5.41, 5.74) is 0.890. The standard InChI is InChI=1S/C13H17NO3/c1-16-9-11(15)7-14-8-12-6-10-4-2-3-5-13(10)17-12/h2-6,11,14-15H,7-9H2,1H3. The molecule has 2 aromatic rings. The Morgan fingerprint density at radius 2 is 2.24 bits per heavy atom. The van der Waals surface area contributed by atoms with Gasteiger partial charge in [0.15, 0.2) is 0 Å². The van der Waals surface area contributed by atoms with Crippen molar-refractivity contribution in [3.05, 3.63) is 36.1 Å². The Balaban J connectivity index is 1.86. The predicted molar refractivity (Wildman–Crippen MR) is 65.8 cm³/mol. The second kappa shape index (κ2) is 5.82. The zero-order valence-electron chi connectivity index (χ0n) is 9.85. The molecule has 0 aliphatic rings. The molecule has 0 aliphatic carbocycles. The van der Waals surface area contributed by atoms with E-state index in [0.29, 0.717) is 19.7 Å². The molecule has 0 spiro atoms. The second-order valence-corrected chi connectivity index (χ2v) is 3.99. The molecule has 2 N–H and O–H groups in total. The van der Waals surface area contributed by atoms with E-state index >= 15 is 0 Å². The monoisotopic (exact) mass is 235 g/mol. The number of fused-ring (bicyclic) bond motifs is 1. The van der Waals surface area contributed by atoms with Crippen molar-refractivity contribution in [3.63, 3.8) is 0 Å². The molecule has 4 nitrogen and oxygen atoms in total. The van der Waals surface area contributed by atoms with E-state index in [1.807, 2.05) is 30.3 Å². The van der Waals surface area contributed by atoms with Gasteiger partial charge >= 0.3 is 0 Å². The van der Waals surface area contributed by atoms with Crippen LogP contribution in [0.4, 0.5) is 0 Å². The third-order valence-corrected chi connectivity index (χ3v) is 2.51. The lowest BCUT2D eigenvalue weighted by molar-refractivity contribution is 0.0641. The lowest BCUT2D eigenvalue weighted by Gasteiger charge is -2.09. The number of benzene rings is 1. The van der Waals surface area contributed by atoms with E-state index in [1.54, 1.807) is 7.11 Å². The molecule has 0 saturated heterocycles.